The molecule has 1 aromatic carbocycles. The molecule has 4 N–H and O–H groups in total. The number of benzene rings is 1. The van der Waals surface area contributed by atoms with Gasteiger partial charge in [-0.3, -0.25) is 5.10 Å². The summed E-state index contributed by atoms with van der Waals surface area (Å²) in [5.74, 6) is -0.0653. The van der Waals surface area contributed by atoms with Crippen LogP contribution in [0.3, 0.4) is 0 Å². The minimum atomic E-state index is -3.37. The van der Waals surface area contributed by atoms with Crippen LogP contribution in [0.1, 0.15) is 16.8 Å². The number of aromatic amines is 1. The molecule has 0 unspecified atom stereocenters. The quantitative estimate of drug-likeness (QED) is 0.709. The van der Waals surface area contributed by atoms with E-state index in [0.29, 0.717) is 11.3 Å². The van der Waals surface area contributed by atoms with Crippen LogP contribution < -0.4 is 10.5 Å². The molecule has 0 aliphatic carbocycles. The van der Waals surface area contributed by atoms with Crippen molar-refractivity contribution in [1.29, 1.82) is 0 Å². The Hall–Kier alpha value is -1.86. The van der Waals surface area contributed by atoms with Crippen LogP contribution in [-0.2, 0) is 22.3 Å². The monoisotopic (exact) mass is 280 g/mol. The number of rotatable bonds is 5. The highest BCUT2D eigenvalue weighted by atomic mass is 32.2. The van der Waals surface area contributed by atoms with Crippen molar-refractivity contribution in [3.8, 4) is 0 Å². The van der Waals surface area contributed by atoms with E-state index in [1.165, 1.54) is 0 Å². The fraction of sp³-hybridized carbons (Fsp3) is 0.250. The summed E-state index contributed by atoms with van der Waals surface area (Å²) in [6, 6.07) is 6.78. The number of nitrogens with two attached hydrogens (primary N) is 1. The molecule has 19 heavy (non-hydrogen) atoms. The first kappa shape index (κ1) is 13.6. The Morgan fingerprint density at radius 2 is 2.00 bits per heavy atom. The first-order valence-corrected chi connectivity index (χ1v) is 7.42. The standard InChI is InChI=1S/C12H16N4O2S/c1-9-11(6-14-16-9)7-15-19(17,18)8-10-2-4-12(13)5-3-10/h2-6,15H,7-8,13H2,1H3,(H,14,16). The fourth-order valence-electron chi connectivity index (χ4n) is 1.63. The molecule has 0 saturated carbocycles. The van der Waals surface area contributed by atoms with Crippen molar-refractivity contribution >= 4 is 15.7 Å². The Morgan fingerprint density at radius 3 is 2.58 bits per heavy atom. The molecule has 1 aromatic heterocycles. The minimum absolute atomic E-state index is 0.0653. The van der Waals surface area contributed by atoms with Crippen LogP contribution in [0.15, 0.2) is 30.5 Å². The molecule has 0 radical (unpaired) electrons. The molecule has 0 bridgehead atoms. The lowest BCUT2D eigenvalue weighted by Gasteiger charge is -2.06. The third-order valence-electron chi connectivity index (χ3n) is 2.75. The van der Waals surface area contributed by atoms with Crippen molar-refractivity contribution < 1.29 is 8.42 Å². The second-order valence-corrected chi connectivity index (χ2v) is 6.15. The van der Waals surface area contributed by atoms with Gasteiger partial charge >= 0.3 is 0 Å². The number of aryl methyl sites for hydroxylation is 1. The van der Waals surface area contributed by atoms with Gasteiger partial charge in [-0.15, -0.1) is 0 Å². The van der Waals surface area contributed by atoms with Crippen LogP contribution in [0.25, 0.3) is 0 Å². The van der Waals surface area contributed by atoms with Gasteiger partial charge in [0.1, 0.15) is 0 Å². The Morgan fingerprint density at radius 1 is 1.32 bits per heavy atom. The Labute approximate surface area is 112 Å². The summed E-state index contributed by atoms with van der Waals surface area (Å²) < 4.78 is 26.4. The van der Waals surface area contributed by atoms with Crippen LogP contribution in [0.4, 0.5) is 5.69 Å². The van der Waals surface area contributed by atoms with E-state index in [9.17, 15) is 8.42 Å². The second kappa shape index (κ2) is 5.41. The van der Waals surface area contributed by atoms with Gasteiger partial charge in [0, 0.05) is 23.5 Å². The second-order valence-electron chi connectivity index (χ2n) is 4.34. The lowest BCUT2D eigenvalue weighted by molar-refractivity contribution is 0.580. The van der Waals surface area contributed by atoms with Gasteiger partial charge in [0.2, 0.25) is 10.0 Å². The summed E-state index contributed by atoms with van der Waals surface area (Å²) in [5, 5.41) is 6.60. The highest BCUT2D eigenvalue weighted by Gasteiger charge is 2.12. The average molecular weight is 280 g/mol. The van der Waals surface area contributed by atoms with Crippen LogP contribution in [-0.4, -0.2) is 18.6 Å². The molecule has 0 amide bonds. The molecule has 0 fully saturated rings. The van der Waals surface area contributed by atoms with Crippen LogP contribution in [0.2, 0.25) is 0 Å². The van der Waals surface area contributed by atoms with E-state index >= 15 is 0 Å². The number of nitrogens with zero attached hydrogens (tertiary/aromatic N) is 1. The van der Waals surface area contributed by atoms with E-state index in [0.717, 1.165) is 11.3 Å². The lowest BCUT2D eigenvalue weighted by atomic mass is 10.2. The molecular weight excluding hydrogens is 264 g/mol. The third-order valence-corrected chi connectivity index (χ3v) is 4.05. The van der Waals surface area contributed by atoms with Gasteiger partial charge in [0.25, 0.3) is 0 Å². The highest BCUT2D eigenvalue weighted by molar-refractivity contribution is 7.88. The number of hydrogen-bond acceptors (Lipinski definition) is 4. The Bertz CT molecular complexity index is 647. The number of nitrogens with one attached hydrogen (secondary N) is 2. The van der Waals surface area contributed by atoms with Gasteiger partial charge < -0.3 is 5.73 Å². The van der Waals surface area contributed by atoms with Crippen molar-refractivity contribution in [2.24, 2.45) is 0 Å². The topological polar surface area (TPSA) is 101 Å². The van der Waals surface area contributed by atoms with Gasteiger partial charge in [-0.2, -0.15) is 5.10 Å². The molecule has 2 rings (SSSR count). The summed E-state index contributed by atoms with van der Waals surface area (Å²) in [7, 11) is -3.37. The van der Waals surface area contributed by atoms with Crippen molar-refractivity contribution in [2.45, 2.75) is 19.2 Å². The van der Waals surface area contributed by atoms with Gasteiger partial charge in [-0.1, -0.05) is 12.1 Å². The molecule has 2 aromatic rings. The molecule has 0 spiro atoms. The maximum absolute atomic E-state index is 11.9. The SMILES string of the molecule is Cc1[nH]ncc1CNS(=O)(=O)Cc1ccc(N)cc1. The van der Waals surface area contributed by atoms with E-state index in [-0.39, 0.29) is 12.3 Å². The van der Waals surface area contributed by atoms with Crippen molar-refractivity contribution in [1.82, 2.24) is 14.9 Å². The molecule has 7 heteroatoms. The highest BCUT2D eigenvalue weighted by Crippen LogP contribution is 2.09. The fourth-order valence-corrected chi connectivity index (χ4v) is 2.73. The van der Waals surface area contributed by atoms with Crippen LogP contribution in [0, 0.1) is 6.92 Å². The molecule has 102 valence electrons. The van der Waals surface area contributed by atoms with Crippen LogP contribution >= 0.6 is 0 Å². The van der Waals surface area contributed by atoms with Gasteiger partial charge in [-0.25, -0.2) is 13.1 Å². The predicted octanol–water partition coefficient (Wildman–Crippen LogP) is 0.920. The van der Waals surface area contributed by atoms with Crippen molar-refractivity contribution in [3.05, 3.63) is 47.3 Å². The molecule has 0 saturated heterocycles. The van der Waals surface area contributed by atoms with Gasteiger partial charge in [0.05, 0.1) is 11.9 Å². The zero-order chi connectivity index (χ0) is 13.9. The summed E-state index contributed by atoms with van der Waals surface area (Å²) in [4.78, 5) is 0. The summed E-state index contributed by atoms with van der Waals surface area (Å²) in [6.45, 7) is 2.08. The summed E-state index contributed by atoms with van der Waals surface area (Å²) in [6.07, 6.45) is 1.61. The third kappa shape index (κ3) is 3.80. The number of aromatic nitrogens is 2. The maximum Gasteiger partial charge on any atom is 0.216 e. The maximum atomic E-state index is 11.9. The molecule has 0 aliphatic rings. The molecular formula is C12H16N4O2S. The number of H-pyrrole nitrogens is 1. The van der Waals surface area contributed by atoms with Crippen molar-refractivity contribution in [3.63, 3.8) is 0 Å². The lowest BCUT2D eigenvalue weighted by Crippen LogP contribution is -2.24. The Balaban J connectivity index is 1.99. The number of hydrogen-bond donors (Lipinski definition) is 3. The van der Waals surface area contributed by atoms with Crippen LogP contribution in [0.5, 0.6) is 0 Å². The van der Waals surface area contributed by atoms with E-state index in [1.807, 2.05) is 6.92 Å². The minimum Gasteiger partial charge on any atom is -0.399 e. The van der Waals surface area contributed by atoms with E-state index < -0.39 is 10.0 Å². The van der Waals surface area contributed by atoms with Gasteiger partial charge in [0.15, 0.2) is 0 Å². The zero-order valence-electron chi connectivity index (χ0n) is 10.6. The van der Waals surface area contributed by atoms with E-state index in [4.69, 9.17) is 5.73 Å². The number of nitrogen functional groups attached to an aromatic ring is 1. The number of anilines is 1. The first-order valence-electron chi connectivity index (χ1n) is 5.77. The normalized spacial score (nSPS) is 11.6. The smallest absolute Gasteiger partial charge is 0.216 e. The number of sulfonamides is 1. The van der Waals surface area contributed by atoms with Gasteiger partial charge in [-0.05, 0) is 24.6 Å². The molecule has 1 heterocycles. The Kier molecular flexibility index (Phi) is 3.87. The average Bonchev–Trinajstić information content (AvgIpc) is 2.75. The van der Waals surface area contributed by atoms with E-state index in [2.05, 4.69) is 14.9 Å². The molecule has 0 aliphatic heterocycles. The molecule has 6 nitrogen and oxygen atoms in total. The zero-order valence-corrected chi connectivity index (χ0v) is 11.4. The first-order chi connectivity index (χ1) is 8.96. The summed E-state index contributed by atoms with van der Waals surface area (Å²) in [5.41, 5.74) is 8.56. The van der Waals surface area contributed by atoms with Crippen molar-refractivity contribution in [2.75, 3.05) is 5.73 Å². The van der Waals surface area contributed by atoms with E-state index in [1.54, 1.807) is 30.5 Å². The summed E-state index contributed by atoms with van der Waals surface area (Å²) >= 11 is 0. The predicted molar refractivity (Wildman–Crippen MR) is 73.6 cm³/mol. The molecule has 0 atom stereocenters. The largest absolute Gasteiger partial charge is 0.399 e.